The van der Waals surface area contributed by atoms with Crippen LogP contribution in [-0.2, 0) is 0 Å². The fraction of sp³-hybridized carbons (Fsp3) is 0.533. The number of nitrogens with one attached hydrogen (secondary N) is 1. The summed E-state index contributed by atoms with van der Waals surface area (Å²) in [7, 11) is 0. The molecule has 1 N–H and O–H groups in total. The molecule has 0 bridgehead atoms. The number of rotatable bonds is 5. The number of ketones is 1. The van der Waals surface area contributed by atoms with E-state index >= 15 is 0 Å². The summed E-state index contributed by atoms with van der Waals surface area (Å²) in [6.45, 7) is 11.2. The number of carbonyl (C=O) groups excluding carboxylic acids is 1. The monoisotopic (exact) mass is 233 g/mol. The Morgan fingerprint density at radius 3 is 2.35 bits per heavy atom. The van der Waals surface area contributed by atoms with Gasteiger partial charge in [-0.1, -0.05) is 26.0 Å². The Balaban J connectivity index is 2.71. The topological polar surface area (TPSA) is 29.1 Å². The van der Waals surface area contributed by atoms with Crippen molar-refractivity contribution in [1.29, 1.82) is 0 Å². The third-order valence-electron chi connectivity index (χ3n) is 3.02. The Hall–Kier alpha value is -1.15. The number of hydrogen-bond donors (Lipinski definition) is 1. The fourth-order valence-corrected chi connectivity index (χ4v) is 1.65. The zero-order chi connectivity index (χ0) is 13.0. The zero-order valence-corrected chi connectivity index (χ0v) is 11.5. The molecule has 1 aromatic rings. The average Bonchev–Trinajstić information content (AvgIpc) is 2.28. The van der Waals surface area contributed by atoms with Crippen LogP contribution in [0.3, 0.4) is 0 Å². The zero-order valence-electron chi connectivity index (χ0n) is 11.5. The normalized spacial score (nSPS) is 12.8. The molecule has 0 aliphatic rings. The van der Waals surface area contributed by atoms with Crippen molar-refractivity contribution in [3.05, 3.63) is 34.9 Å². The van der Waals surface area contributed by atoms with E-state index in [2.05, 4.69) is 26.1 Å². The maximum atomic E-state index is 12.2. The van der Waals surface area contributed by atoms with Crippen molar-refractivity contribution in [2.45, 2.75) is 40.7 Å². The molecular formula is C15H23NO. The highest BCUT2D eigenvalue weighted by Gasteiger charge is 2.15. The van der Waals surface area contributed by atoms with E-state index in [0.717, 1.165) is 12.1 Å². The van der Waals surface area contributed by atoms with Crippen LogP contribution < -0.4 is 5.32 Å². The van der Waals surface area contributed by atoms with E-state index in [1.807, 2.05) is 32.0 Å². The first-order valence-electron chi connectivity index (χ1n) is 6.26. The lowest BCUT2D eigenvalue weighted by Gasteiger charge is -2.15. The molecule has 2 heteroatoms. The van der Waals surface area contributed by atoms with Crippen molar-refractivity contribution < 1.29 is 4.79 Å². The lowest BCUT2D eigenvalue weighted by atomic mass is 10.00. The molecule has 17 heavy (non-hydrogen) atoms. The highest BCUT2D eigenvalue weighted by atomic mass is 16.1. The minimum Gasteiger partial charge on any atom is -0.307 e. The highest BCUT2D eigenvalue weighted by Crippen LogP contribution is 2.11. The van der Waals surface area contributed by atoms with E-state index in [-0.39, 0.29) is 11.8 Å². The van der Waals surface area contributed by atoms with E-state index in [9.17, 15) is 4.79 Å². The van der Waals surface area contributed by atoms with Gasteiger partial charge >= 0.3 is 0 Å². The van der Waals surface area contributed by atoms with E-state index in [1.54, 1.807) is 0 Å². The van der Waals surface area contributed by atoms with Gasteiger partial charge in [0, 0.05) is 5.56 Å². The van der Waals surface area contributed by atoms with E-state index < -0.39 is 0 Å². The minimum absolute atomic E-state index is 0.112. The first-order chi connectivity index (χ1) is 7.91. The van der Waals surface area contributed by atoms with Crippen LogP contribution >= 0.6 is 0 Å². The first kappa shape index (κ1) is 13.9. The molecule has 0 heterocycles. The summed E-state index contributed by atoms with van der Waals surface area (Å²) in [6, 6.07) is 5.79. The van der Waals surface area contributed by atoms with Crippen LogP contribution in [0.4, 0.5) is 0 Å². The molecule has 0 fully saturated rings. The van der Waals surface area contributed by atoms with Gasteiger partial charge in [0.2, 0.25) is 0 Å². The smallest absolute Gasteiger partial charge is 0.179 e. The third kappa shape index (κ3) is 3.97. The molecule has 0 radical (unpaired) electrons. The number of Topliss-reactive ketones (excluding diaryl/α,β-unsaturated/α-hetero) is 1. The molecule has 0 spiro atoms. The third-order valence-corrected chi connectivity index (χ3v) is 3.02. The van der Waals surface area contributed by atoms with Gasteiger partial charge in [-0.15, -0.1) is 0 Å². The molecule has 0 aromatic heterocycles. The summed E-state index contributed by atoms with van der Waals surface area (Å²) in [4.78, 5) is 12.2. The molecule has 0 saturated heterocycles. The molecule has 1 aromatic carbocycles. The summed E-state index contributed by atoms with van der Waals surface area (Å²) in [5.74, 6) is 0.735. The van der Waals surface area contributed by atoms with Gasteiger partial charge in [-0.05, 0) is 50.4 Å². The van der Waals surface area contributed by atoms with Gasteiger partial charge in [0.25, 0.3) is 0 Å². The van der Waals surface area contributed by atoms with Crippen molar-refractivity contribution in [2.75, 3.05) is 6.54 Å². The maximum Gasteiger partial charge on any atom is 0.179 e. The van der Waals surface area contributed by atoms with Crippen LogP contribution in [0.2, 0.25) is 0 Å². The predicted molar refractivity (Wildman–Crippen MR) is 72.5 cm³/mol. The molecule has 1 unspecified atom stereocenters. The molecule has 1 rings (SSSR count). The minimum atomic E-state index is -0.112. The molecule has 1 atom stereocenters. The van der Waals surface area contributed by atoms with E-state index in [4.69, 9.17) is 0 Å². The molecule has 2 nitrogen and oxygen atoms in total. The second-order valence-electron chi connectivity index (χ2n) is 5.19. The Labute approximate surface area is 104 Å². The summed E-state index contributed by atoms with van der Waals surface area (Å²) in [5.41, 5.74) is 3.20. The van der Waals surface area contributed by atoms with Gasteiger partial charge in [-0.3, -0.25) is 4.79 Å². The molecule has 0 amide bonds. The molecule has 0 aliphatic heterocycles. The quantitative estimate of drug-likeness (QED) is 0.792. The molecule has 0 saturated carbocycles. The average molecular weight is 233 g/mol. The fourth-order valence-electron chi connectivity index (χ4n) is 1.65. The van der Waals surface area contributed by atoms with Crippen LogP contribution in [0, 0.1) is 19.8 Å². The molecular weight excluding hydrogens is 210 g/mol. The van der Waals surface area contributed by atoms with Crippen molar-refractivity contribution in [3.8, 4) is 0 Å². The van der Waals surface area contributed by atoms with Crippen molar-refractivity contribution in [1.82, 2.24) is 5.32 Å². The van der Waals surface area contributed by atoms with Crippen LogP contribution in [0.1, 0.15) is 42.3 Å². The van der Waals surface area contributed by atoms with Crippen LogP contribution in [0.15, 0.2) is 18.2 Å². The van der Waals surface area contributed by atoms with Crippen molar-refractivity contribution in [3.63, 3.8) is 0 Å². The van der Waals surface area contributed by atoms with Crippen LogP contribution in [-0.4, -0.2) is 18.4 Å². The standard InChI is InChI=1S/C15H23NO/c1-10(2)9-16-13(5)15(17)14-7-6-11(3)12(4)8-14/h6-8,10,13,16H,9H2,1-5H3. The second kappa shape index (κ2) is 5.97. The summed E-state index contributed by atoms with van der Waals surface area (Å²) >= 11 is 0. The molecule has 94 valence electrons. The van der Waals surface area contributed by atoms with Crippen LogP contribution in [0.5, 0.6) is 0 Å². The van der Waals surface area contributed by atoms with Gasteiger partial charge in [0.1, 0.15) is 0 Å². The number of benzene rings is 1. The van der Waals surface area contributed by atoms with E-state index in [1.165, 1.54) is 11.1 Å². The van der Waals surface area contributed by atoms with Crippen molar-refractivity contribution >= 4 is 5.78 Å². The number of carbonyl (C=O) groups is 1. The van der Waals surface area contributed by atoms with E-state index in [0.29, 0.717) is 5.92 Å². The molecule has 0 aliphatic carbocycles. The Morgan fingerprint density at radius 1 is 1.18 bits per heavy atom. The number of hydrogen-bond acceptors (Lipinski definition) is 2. The summed E-state index contributed by atoms with van der Waals surface area (Å²) in [6.07, 6.45) is 0. The Bertz CT molecular complexity index is 396. The Kier molecular flexibility index (Phi) is 4.88. The Morgan fingerprint density at radius 2 is 1.82 bits per heavy atom. The maximum absolute atomic E-state index is 12.2. The van der Waals surface area contributed by atoms with Gasteiger partial charge < -0.3 is 5.32 Å². The van der Waals surface area contributed by atoms with Gasteiger partial charge in [0.15, 0.2) is 5.78 Å². The predicted octanol–water partition coefficient (Wildman–Crippen LogP) is 3.12. The van der Waals surface area contributed by atoms with Gasteiger partial charge in [0.05, 0.1) is 6.04 Å². The number of aryl methyl sites for hydroxylation is 2. The van der Waals surface area contributed by atoms with Gasteiger partial charge in [-0.2, -0.15) is 0 Å². The van der Waals surface area contributed by atoms with Crippen LogP contribution in [0.25, 0.3) is 0 Å². The largest absolute Gasteiger partial charge is 0.307 e. The van der Waals surface area contributed by atoms with Gasteiger partial charge in [-0.25, -0.2) is 0 Å². The summed E-state index contributed by atoms with van der Waals surface area (Å²) in [5, 5.41) is 3.26. The SMILES string of the molecule is Cc1ccc(C(=O)C(C)NCC(C)C)cc1C. The second-order valence-corrected chi connectivity index (χ2v) is 5.19. The highest BCUT2D eigenvalue weighted by molar-refractivity contribution is 6.00. The lowest BCUT2D eigenvalue weighted by molar-refractivity contribution is 0.0949. The first-order valence-corrected chi connectivity index (χ1v) is 6.26. The van der Waals surface area contributed by atoms with Crippen molar-refractivity contribution in [2.24, 2.45) is 5.92 Å². The lowest BCUT2D eigenvalue weighted by Crippen LogP contribution is -2.36. The summed E-state index contributed by atoms with van der Waals surface area (Å²) < 4.78 is 0.